The Bertz CT molecular complexity index is 531. The highest BCUT2D eigenvalue weighted by atomic mass is 19.1. The van der Waals surface area contributed by atoms with E-state index >= 15 is 0 Å². The Morgan fingerprint density at radius 3 is 2.39 bits per heavy atom. The van der Waals surface area contributed by atoms with Gasteiger partial charge in [0.2, 0.25) is 0 Å². The summed E-state index contributed by atoms with van der Waals surface area (Å²) in [6.07, 6.45) is 0.653. The Kier molecular flexibility index (Phi) is 3.78. The molecule has 0 heterocycles. The van der Waals surface area contributed by atoms with Gasteiger partial charge in [-0.3, -0.25) is 0 Å². The molecule has 0 aliphatic carbocycles. The van der Waals surface area contributed by atoms with Crippen LogP contribution in [0.1, 0.15) is 28.3 Å². The van der Waals surface area contributed by atoms with E-state index in [9.17, 15) is 4.39 Å². The van der Waals surface area contributed by atoms with Crippen molar-refractivity contribution in [1.82, 2.24) is 0 Å². The van der Waals surface area contributed by atoms with E-state index in [0.29, 0.717) is 17.5 Å². The monoisotopic (exact) mass is 243 g/mol. The van der Waals surface area contributed by atoms with E-state index in [1.807, 2.05) is 25.1 Å². The van der Waals surface area contributed by atoms with Crippen molar-refractivity contribution in [3.8, 4) is 0 Å². The minimum atomic E-state index is -0.299. The van der Waals surface area contributed by atoms with E-state index < -0.39 is 0 Å². The molecule has 2 heteroatoms. The summed E-state index contributed by atoms with van der Waals surface area (Å²) in [4.78, 5) is 0. The van der Waals surface area contributed by atoms with E-state index in [2.05, 4.69) is 12.1 Å². The third-order valence-corrected chi connectivity index (χ3v) is 3.20. The first-order chi connectivity index (χ1) is 8.58. The van der Waals surface area contributed by atoms with Crippen molar-refractivity contribution in [1.29, 1.82) is 0 Å². The van der Waals surface area contributed by atoms with Gasteiger partial charge in [-0.15, -0.1) is 0 Å². The van der Waals surface area contributed by atoms with Crippen molar-refractivity contribution in [2.75, 3.05) is 0 Å². The zero-order chi connectivity index (χ0) is 13.1. The average Bonchev–Trinajstić information content (AvgIpc) is 2.35. The van der Waals surface area contributed by atoms with Crippen molar-refractivity contribution in [3.05, 3.63) is 70.5 Å². The lowest BCUT2D eigenvalue weighted by atomic mass is 9.97. The maximum Gasteiger partial charge on any atom is 0.130 e. The zero-order valence-corrected chi connectivity index (χ0v) is 10.8. The largest absolute Gasteiger partial charge is 0.324 e. The van der Waals surface area contributed by atoms with Gasteiger partial charge in [0.15, 0.2) is 0 Å². The Labute approximate surface area is 107 Å². The van der Waals surface area contributed by atoms with E-state index in [4.69, 9.17) is 5.73 Å². The number of aryl methyl sites for hydroxylation is 2. The smallest absolute Gasteiger partial charge is 0.130 e. The maximum absolute atomic E-state index is 13.9. The lowest BCUT2D eigenvalue weighted by molar-refractivity contribution is 0.573. The van der Waals surface area contributed by atoms with Crippen LogP contribution in [-0.4, -0.2) is 0 Å². The number of nitrogens with two attached hydrogens (primary N) is 1. The van der Waals surface area contributed by atoms with Crippen LogP contribution in [0.2, 0.25) is 0 Å². The van der Waals surface area contributed by atoms with Crippen LogP contribution in [-0.2, 0) is 6.42 Å². The van der Waals surface area contributed by atoms with Crippen LogP contribution >= 0.6 is 0 Å². The fourth-order valence-electron chi connectivity index (χ4n) is 2.04. The van der Waals surface area contributed by atoms with Gasteiger partial charge in [0.1, 0.15) is 5.82 Å². The number of halogens is 1. The van der Waals surface area contributed by atoms with Gasteiger partial charge in [-0.1, -0.05) is 48.0 Å². The van der Waals surface area contributed by atoms with Crippen LogP contribution in [0.4, 0.5) is 4.39 Å². The second-order valence-electron chi connectivity index (χ2n) is 4.77. The molecule has 0 aliphatic rings. The summed E-state index contributed by atoms with van der Waals surface area (Å²) in [7, 11) is 0. The lowest BCUT2D eigenvalue weighted by Crippen LogP contribution is -2.15. The molecule has 1 atom stereocenters. The number of hydrogen-bond donors (Lipinski definition) is 1. The van der Waals surface area contributed by atoms with Crippen LogP contribution in [0.3, 0.4) is 0 Å². The summed E-state index contributed by atoms with van der Waals surface area (Å²) in [6, 6.07) is 13.3. The predicted octanol–water partition coefficient (Wildman–Crippen LogP) is 3.69. The first-order valence-corrected chi connectivity index (χ1v) is 6.14. The van der Waals surface area contributed by atoms with Gasteiger partial charge in [-0.25, -0.2) is 4.39 Å². The van der Waals surface area contributed by atoms with Gasteiger partial charge in [-0.05, 0) is 31.4 Å². The molecule has 94 valence electrons. The van der Waals surface area contributed by atoms with Crippen molar-refractivity contribution in [2.45, 2.75) is 26.3 Å². The van der Waals surface area contributed by atoms with Crippen molar-refractivity contribution < 1.29 is 4.39 Å². The highest BCUT2D eigenvalue weighted by molar-refractivity contribution is 5.30. The Hall–Kier alpha value is -1.67. The van der Waals surface area contributed by atoms with Gasteiger partial charge in [0.05, 0.1) is 0 Å². The summed E-state index contributed by atoms with van der Waals surface area (Å²) in [5.74, 6) is -0.183. The molecule has 2 rings (SSSR count). The molecule has 0 aliphatic heterocycles. The molecular weight excluding hydrogens is 225 g/mol. The van der Waals surface area contributed by atoms with Crippen LogP contribution in [0.5, 0.6) is 0 Å². The van der Waals surface area contributed by atoms with E-state index in [-0.39, 0.29) is 11.9 Å². The molecule has 0 spiro atoms. The van der Waals surface area contributed by atoms with Gasteiger partial charge in [0, 0.05) is 11.6 Å². The molecule has 2 aromatic rings. The molecule has 18 heavy (non-hydrogen) atoms. The van der Waals surface area contributed by atoms with Crippen LogP contribution in [0.15, 0.2) is 42.5 Å². The van der Waals surface area contributed by atoms with Crippen LogP contribution in [0.25, 0.3) is 0 Å². The second-order valence-corrected chi connectivity index (χ2v) is 4.77. The summed E-state index contributed by atoms with van der Waals surface area (Å²) in [5.41, 5.74) is 9.68. The first-order valence-electron chi connectivity index (χ1n) is 6.14. The minimum Gasteiger partial charge on any atom is -0.324 e. The van der Waals surface area contributed by atoms with Crippen molar-refractivity contribution in [3.63, 3.8) is 0 Å². The molecule has 0 fully saturated rings. The average molecular weight is 243 g/mol. The minimum absolute atomic E-state index is 0.183. The molecular formula is C16H18FN. The molecule has 2 aromatic carbocycles. The molecule has 0 saturated heterocycles. The topological polar surface area (TPSA) is 26.0 Å². The number of hydrogen-bond acceptors (Lipinski definition) is 1. The molecule has 0 saturated carbocycles. The normalized spacial score (nSPS) is 12.4. The lowest BCUT2D eigenvalue weighted by Gasteiger charge is -2.14. The van der Waals surface area contributed by atoms with Crippen molar-refractivity contribution >= 4 is 0 Å². The number of benzene rings is 2. The Morgan fingerprint density at radius 2 is 1.72 bits per heavy atom. The molecule has 1 nitrogen and oxygen atoms in total. The van der Waals surface area contributed by atoms with E-state index in [1.54, 1.807) is 19.1 Å². The highest BCUT2D eigenvalue weighted by Gasteiger charge is 2.13. The second kappa shape index (κ2) is 5.32. The predicted molar refractivity (Wildman–Crippen MR) is 72.9 cm³/mol. The summed E-state index contributed by atoms with van der Waals surface area (Å²) < 4.78 is 13.9. The van der Waals surface area contributed by atoms with E-state index in [0.717, 1.165) is 5.56 Å². The quantitative estimate of drug-likeness (QED) is 0.874. The van der Waals surface area contributed by atoms with Gasteiger partial charge in [0.25, 0.3) is 0 Å². The molecule has 1 unspecified atom stereocenters. The highest BCUT2D eigenvalue weighted by Crippen LogP contribution is 2.21. The fraction of sp³-hybridized carbons (Fsp3) is 0.250. The number of rotatable bonds is 3. The van der Waals surface area contributed by atoms with Gasteiger partial charge < -0.3 is 5.73 Å². The Balaban J connectivity index is 2.19. The molecule has 0 radical (unpaired) electrons. The molecule has 0 amide bonds. The summed E-state index contributed by atoms with van der Waals surface area (Å²) >= 11 is 0. The third kappa shape index (κ3) is 2.77. The third-order valence-electron chi connectivity index (χ3n) is 3.20. The van der Waals surface area contributed by atoms with Crippen LogP contribution < -0.4 is 5.73 Å². The van der Waals surface area contributed by atoms with Crippen LogP contribution in [0, 0.1) is 19.7 Å². The zero-order valence-electron chi connectivity index (χ0n) is 10.8. The van der Waals surface area contributed by atoms with Crippen molar-refractivity contribution in [2.24, 2.45) is 5.73 Å². The molecule has 0 aromatic heterocycles. The molecule has 2 N–H and O–H groups in total. The van der Waals surface area contributed by atoms with Gasteiger partial charge >= 0.3 is 0 Å². The fourth-order valence-corrected chi connectivity index (χ4v) is 2.04. The Morgan fingerprint density at radius 1 is 1.06 bits per heavy atom. The van der Waals surface area contributed by atoms with E-state index in [1.165, 1.54) is 5.56 Å². The maximum atomic E-state index is 13.9. The standard InChI is InChI=1S/C16H18FN/c1-11-6-8-13(9-7-11)10-15(18)14-5-3-4-12(2)16(14)17/h3-9,15H,10,18H2,1-2H3. The first kappa shape index (κ1) is 12.8. The van der Waals surface area contributed by atoms with Gasteiger partial charge in [-0.2, -0.15) is 0 Å². The SMILES string of the molecule is Cc1ccc(CC(N)c2cccc(C)c2F)cc1. The summed E-state index contributed by atoms with van der Waals surface area (Å²) in [6.45, 7) is 3.81. The molecule has 0 bridgehead atoms. The summed E-state index contributed by atoms with van der Waals surface area (Å²) in [5, 5.41) is 0.